The van der Waals surface area contributed by atoms with Gasteiger partial charge in [0.1, 0.15) is 0 Å². The lowest BCUT2D eigenvalue weighted by Gasteiger charge is -2.23. The van der Waals surface area contributed by atoms with Crippen LogP contribution in [0, 0.1) is 13.8 Å². The maximum absolute atomic E-state index is 13.3. The normalized spacial score (nSPS) is 11.3. The molecule has 3 rings (SSSR count). The summed E-state index contributed by atoms with van der Waals surface area (Å²) >= 11 is 1.60. The molecule has 2 aromatic carbocycles. The summed E-state index contributed by atoms with van der Waals surface area (Å²) in [6, 6.07) is 14.1. The Morgan fingerprint density at radius 2 is 1.81 bits per heavy atom. The number of fused-ring (bicyclic) bond motifs is 1. The molecular formula is C22H28N3OS+. The van der Waals surface area contributed by atoms with E-state index in [1.807, 2.05) is 42.2 Å². The monoisotopic (exact) mass is 382 g/mol. The molecule has 0 spiro atoms. The lowest BCUT2D eigenvalue weighted by molar-refractivity contribution is -0.894. The van der Waals surface area contributed by atoms with E-state index < -0.39 is 0 Å². The molecule has 0 bridgehead atoms. The summed E-state index contributed by atoms with van der Waals surface area (Å²) in [4.78, 5) is 21.4. The lowest BCUT2D eigenvalue weighted by Crippen LogP contribution is -3.12. The fraction of sp³-hybridized carbons (Fsp3) is 0.364. The van der Waals surface area contributed by atoms with Gasteiger partial charge in [0.2, 0.25) is 0 Å². The van der Waals surface area contributed by atoms with Crippen LogP contribution in [0.5, 0.6) is 0 Å². The van der Waals surface area contributed by atoms with Crippen LogP contribution < -0.4 is 9.80 Å². The highest BCUT2D eigenvalue weighted by Gasteiger charge is 2.22. The standard InChI is InChI=1S/C22H27N3OS/c1-5-24(6-2)12-13-25(21(26)18-9-7-8-16(3)14-18)22-23-19-11-10-17(4)15-20(19)27-22/h7-11,14-15H,5-6,12-13H2,1-4H3/p+1. The Balaban J connectivity index is 1.96. The lowest BCUT2D eigenvalue weighted by atomic mass is 10.1. The number of carbonyl (C=O) groups excluding carboxylic acids is 1. The third-order valence-electron chi connectivity index (χ3n) is 4.96. The number of carbonyl (C=O) groups is 1. The van der Waals surface area contributed by atoms with Crippen molar-refractivity contribution in [3.05, 3.63) is 59.2 Å². The van der Waals surface area contributed by atoms with E-state index in [2.05, 4.69) is 32.9 Å². The minimum absolute atomic E-state index is 0.0287. The zero-order chi connectivity index (χ0) is 19.4. The van der Waals surface area contributed by atoms with Gasteiger partial charge in [0.15, 0.2) is 5.13 Å². The van der Waals surface area contributed by atoms with E-state index in [0.29, 0.717) is 6.54 Å². The van der Waals surface area contributed by atoms with Crippen LogP contribution >= 0.6 is 11.3 Å². The SMILES string of the molecule is CC[NH+](CC)CCN(C(=O)c1cccc(C)c1)c1nc2ccc(C)cc2s1. The minimum Gasteiger partial charge on any atom is -0.334 e. The Hall–Kier alpha value is -2.24. The number of rotatable bonds is 7. The molecular weight excluding hydrogens is 354 g/mol. The second-order valence-corrected chi connectivity index (χ2v) is 8.01. The molecule has 0 fully saturated rings. The van der Waals surface area contributed by atoms with E-state index in [9.17, 15) is 4.79 Å². The van der Waals surface area contributed by atoms with Crippen molar-refractivity contribution >= 4 is 32.6 Å². The van der Waals surface area contributed by atoms with Gasteiger partial charge < -0.3 is 4.90 Å². The fourth-order valence-corrected chi connectivity index (χ4v) is 4.31. The first-order chi connectivity index (χ1) is 13.0. The summed E-state index contributed by atoms with van der Waals surface area (Å²) in [5.74, 6) is 0.0287. The molecule has 4 nitrogen and oxygen atoms in total. The average molecular weight is 383 g/mol. The van der Waals surface area contributed by atoms with E-state index in [1.165, 1.54) is 10.5 Å². The highest BCUT2D eigenvalue weighted by atomic mass is 32.1. The first kappa shape index (κ1) is 19.5. The number of anilines is 1. The number of benzene rings is 2. The molecule has 27 heavy (non-hydrogen) atoms. The maximum Gasteiger partial charge on any atom is 0.260 e. The summed E-state index contributed by atoms with van der Waals surface area (Å²) in [6.07, 6.45) is 0. The highest BCUT2D eigenvalue weighted by Crippen LogP contribution is 2.30. The molecule has 1 N–H and O–H groups in total. The number of nitrogens with one attached hydrogen (secondary N) is 1. The first-order valence-electron chi connectivity index (χ1n) is 9.61. The van der Waals surface area contributed by atoms with Gasteiger partial charge in [-0.2, -0.15) is 0 Å². The largest absolute Gasteiger partial charge is 0.334 e. The number of quaternary nitrogens is 1. The van der Waals surface area contributed by atoms with Gasteiger partial charge in [0.25, 0.3) is 5.91 Å². The van der Waals surface area contributed by atoms with Crippen LogP contribution in [0.15, 0.2) is 42.5 Å². The summed E-state index contributed by atoms with van der Waals surface area (Å²) < 4.78 is 1.13. The number of amides is 1. The first-order valence-corrected chi connectivity index (χ1v) is 10.4. The number of hydrogen-bond donors (Lipinski definition) is 1. The number of aromatic nitrogens is 1. The summed E-state index contributed by atoms with van der Waals surface area (Å²) in [5.41, 5.74) is 3.98. The number of hydrogen-bond acceptors (Lipinski definition) is 3. The van der Waals surface area contributed by atoms with E-state index in [-0.39, 0.29) is 5.91 Å². The quantitative estimate of drug-likeness (QED) is 0.679. The Morgan fingerprint density at radius 1 is 1.07 bits per heavy atom. The minimum atomic E-state index is 0.0287. The van der Waals surface area contributed by atoms with Crippen molar-refractivity contribution in [1.29, 1.82) is 0 Å². The van der Waals surface area contributed by atoms with Gasteiger partial charge in [-0.25, -0.2) is 4.98 Å². The van der Waals surface area contributed by atoms with Gasteiger partial charge >= 0.3 is 0 Å². The smallest absolute Gasteiger partial charge is 0.260 e. The third-order valence-corrected chi connectivity index (χ3v) is 6.00. The van der Waals surface area contributed by atoms with E-state index in [1.54, 1.807) is 11.3 Å². The molecule has 5 heteroatoms. The van der Waals surface area contributed by atoms with Crippen molar-refractivity contribution in [3.8, 4) is 0 Å². The number of likely N-dealkylation sites (N-methyl/N-ethyl adjacent to an activating group) is 1. The second kappa shape index (κ2) is 8.63. The molecule has 0 saturated heterocycles. The molecule has 142 valence electrons. The molecule has 0 unspecified atom stereocenters. The molecule has 1 heterocycles. The number of thiazole rings is 1. The molecule has 0 aliphatic rings. The second-order valence-electron chi connectivity index (χ2n) is 7.00. The molecule has 3 aromatic rings. The highest BCUT2D eigenvalue weighted by molar-refractivity contribution is 7.22. The summed E-state index contributed by atoms with van der Waals surface area (Å²) in [7, 11) is 0. The van der Waals surface area contributed by atoms with Gasteiger partial charge in [-0.3, -0.25) is 9.69 Å². The average Bonchev–Trinajstić information content (AvgIpc) is 3.07. The van der Waals surface area contributed by atoms with Crippen molar-refractivity contribution in [2.75, 3.05) is 31.1 Å². The predicted octanol–water partition coefficient (Wildman–Crippen LogP) is 3.48. The zero-order valence-electron chi connectivity index (χ0n) is 16.6. The van der Waals surface area contributed by atoms with Crippen LogP contribution in [0.25, 0.3) is 10.2 Å². The summed E-state index contributed by atoms with van der Waals surface area (Å²) in [5, 5.41) is 0.786. The van der Waals surface area contributed by atoms with Crippen molar-refractivity contribution < 1.29 is 9.69 Å². The maximum atomic E-state index is 13.3. The zero-order valence-corrected chi connectivity index (χ0v) is 17.4. The molecule has 0 saturated carbocycles. The molecule has 0 radical (unpaired) electrons. The van der Waals surface area contributed by atoms with Crippen LogP contribution in [0.4, 0.5) is 5.13 Å². The van der Waals surface area contributed by atoms with Gasteiger partial charge in [0.05, 0.1) is 36.4 Å². The Labute approximate surface area is 165 Å². The van der Waals surface area contributed by atoms with E-state index >= 15 is 0 Å². The summed E-state index contributed by atoms with van der Waals surface area (Å²) in [6.45, 7) is 12.2. The van der Waals surface area contributed by atoms with E-state index in [0.717, 1.165) is 46.1 Å². The van der Waals surface area contributed by atoms with Crippen LogP contribution in [0.3, 0.4) is 0 Å². The van der Waals surface area contributed by atoms with Gasteiger partial charge in [-0.05, 0) is 57.5 Å². The number of aryl methyl sites for hydroxylation is 2. The van der Waals surface area contributed by atoms with Crippen LogP contribution in [0.1, 0.15) is 35.3 Å². The van der Waals surface area contributed by atoms with Crippen molar-refractivity contribution in [1.82, 2.24) is 4.98 Å². The van der Waals surface area contributed by atoms with E-state index in [4.69, 9.17) is 4.98 Å². The van der Waals surface area contributed by atoms with Crippen molar-refractivity contribution in [3.63, 3.8) is 0 Å². The van der Waals surface area contributed by atoms with Crippen LogP contribution in [-0.2, 0) is 0 Å². The van der Waals surface area contributed by atoms with Crippen molar-refractivity contribution in [2.45, 2.75) is 27.7 Å². The third kappa shape index (κ3) is 4.54. The topological polar surface area (TPSA) is 37.6 Å². The van der Waals surface area contributed by atoms with Crippen molar-refractivity contribution in [2.24, 2.45) is 0 Å². The Bertz CT molecular complexity index is 930. The molecule has 1 aromatic heterocycles. The Morgan fingerprint density at radius 3 is 2.52 bits per heavy atom. The molecule has 1 amide bonds. The van der Waals surface area contributed by atoms with Crippen LogP contribution in [0.2, 0.25) is 0 Å². The number of nitrogens with zero attached hydrogens (tertiary/aromatic N) is 2. The van der Waals surface area contributed by atoms with Crippen LogP contribution in [-0.4, -0.2) is 37.1 Å². The predicted molar refractivity (Wildman–Crippen MR) is 114 cm³/mol. The molecule has 0 atom stereocenters. The van der Waals surface area contributed by atoms with Gasteiger partial charge in [0, 0.05) is 5.56 Å². The molecule has 0 aliphatic carbocycles. The Kier molecular flexibility index (Phi) is 6.24. The fourth-order valence-electron chi connectivity index (χ4n) is 3.23. The molecule has 0 aliphatic heterocycles. The van der Waals surface area contributed by atoms with Gasteiger partial charge in [-0.1, -0.05) is 35.1 Å². The van der Waals surface area contributed by atoms with Gasteiger partial charge in [-0.15, -0.1) is 0 Å².